The van der Waals surface area contributed by atoms with Crippen LogP contribution in [0.15, 0.2) is 18.2 Å². The van der Waals surface area contributed by atoms with Crippen molar-refractivity contribution in [2.45, 2.75) is 31.3 Å². The Morgan fingerprint density at radius 2 is 2.29 bits per heavy atom. The molecule has 0 spiro atoms. The summed E-state index contributed by atoms with van der Waals surface area (Å²) in [6, 6.07) is 4.13. The highest BCUT2D eigenvalue weighted by molar-refractivity contribution is 6.32. The number of nitro groups is 1. The van der Waals surface area contributed by atoms with Gasteiger partial charge in [0.25, 0.3) is 5.69 Å². The smallest absolute Gasteiger partial charge is 0.327 e. The van der Waals surface area contributed by atoms with E-state index in [1.807, 2.05) is 0 Å². The molecule has 1 aliphatic rings. The van der Waals surface area contributed by atoms with E-state index in [1.54, 1.807) is 6.92 Å². The molecule has 0 radical (unpaired) electrons. The molecule has 0 heterocycles. The first-order valence-electron chi connectivity index (χ1n) is 6.40. The second kappa shape index (κ2) is 5.87. The lowest BCUT2D eigenvalue weighted by Gasteiger charge is -2.26. The molecule has 1 aromatic carbocycles. The van der Waals surface area contributed by atoms with Crippen LogP contribution >= 0.6 is 11.6 Å². The van der Waals surface area contributed by atoms with Crippen molar-refractivity contribution in [3.05, 3.63) is 33.3 Å². The van der Waals surface area contributed by atoms with Crippen LogP contribution < -0.4 is 10.1 Å². The van der Waals surface area contributed by atoms with E-state index in [0.29, 0.717) is 0 Å². The topological polar surface area (TPSA) is 102 Å². The van der Waals surface area contributed by atoms with Crippen molar-refractivity contribution in [2.24, 2.45) is 0 Å². The molecule has 1 unspecified atom stereocenters. The van der Waals surface area contributed by atoms with Crippen molar-refractivity contribution >= 4 is 23.3 Å². The van der Waals surface area contributed by atoms with Crippen LogP contribution in [0.1, 0.15) is 19.8 Å². The number of benzene rings is 1. The van der Waals surface area contributed by atoms with Crippen LogP contribution in [0.5, 0.6) is 5.75 Å². The third-order valence-corrected chi connectivity index (χ3v) is 3.52. The second-order valence-electron chi connectivity index (χ2n) is 5.21. The molecule has 0 bridgehead atoms. The van der Waals surface area contributed by atoms with Crippen molar-refractivity contribution < 1.29 is 19.6 Å². The maximum Gasteiger partial charge on any atom is 0.327 e. The van der Waals surface area contributed by atoms with E-state index in [4.69, 9.17) is 16.3 Å². The van der Waals surface area contributed by atoms with Gasteiger partial charge in [-0.3, -0.25) is 20.2 Å². The number of nitro benzene ring substituents is 1. The summed E-state index contributed by atoms with van der Waals surface area (Å²) in [5, 5.41) is 22.9. The molecule has 1 saturated carbocycles. The summed E-state index contributed by atoms with van der Waals surface area (Å²) in [5.41, 5.74) is -1.43. The Bertz CT molecular complexity index is 576. The third kappa shape index (κ3) is 3.83. The monoisotopic (exact) mass is 314 g/mol. The van der Waals surface area contributed by atoms with Gasteiger partial charge in [0, 0.05) is 18.2 Å². The van der Waals surface area contributed by atoms with E-state index in [2.05, 4.69) is 5.32 Å². The summed E-state index contributed by atoms with van der Waals surface area (Å²) >= 11 is 5.78. The number of hydrogen-bond acceptors (Lipinski definition) is 5. The van der Waals surface area contributed by atoms with E-state index in [9.17, 15) is 20.0 Å². The Labute approximate surface area is 126 Å². The molecule has 1 aliphatic carbocycles. The Morgan fingerprint density at radius 3 is 2.76 bits per heavy atom. The summed E-state index contributed by atoms with van der Waals surface area (Å²) in [6.07, 6.45) is 1.90. The molecule has 2 N–H and O–H groups in total. The lowest BCUT2D eigenvalue weighted by atomic mass is 10.0. The van der Waals surface area contributed by atoms with Crippen LogP contribution in [-0.4, -0.2) is 34.2 Å². The number of aliphatic carboxylic acids is 1. The third-order valence-electron chi connectivity index (χ3n) is 3.22. The molecule has 114 valence electrons. The zero-order chi connectivity index (χ0) is 15.6. The van der Waals surface area contributed by atoms with Crippen LogP contribution in [0, 0.1) is 10.1 Å². The number of carboxylic acids is 1. The van der Waals surface area contributed by atoms with Gasteiger partial charge in [-0.15, -0.1) is 0 Å². The normalized spacial score (nSPS) is 17.0. The standard InChI is InChI=1S/C13H15ClN2O5/c1-13(12(17)18,15-8-2-3-8)7-21-9-4-5-11(16(19)20)10(14)6-9/h4-6,8,15H,2-3,7H2,1H3,(H,17,18). The van der Waals surface area contributed by atoms with Gasteiger partial charge in [0.15, 0.2) is 0 Å². The molecule has 0 saturated heterocycles. The van der Waals surface area contributed by atoms with Gasteiger partial charge >= 0.3 is 5.97 Å². The first kappa shape index (κ1) is 15.5. The number of halogens is 1. The zero-order valence-corrected chi connectivity index (χ0v) is 12.1. The fourth-order valence-electron chi connectivity index (χ4n) is 1.80. The predicted molar refractivity (Wildman–Crippen MR) is 75.8 cm³/mol. The van der Waals surface area contributed by atoms with Crippen LogP contribution in [0.4, 0.5) is 5.69 Å². The first-order chi connectivity index (χ1) is 9.82. The second-order valence-corrected chi connectivity index (χ2v) is 5.62. The van der Waals surface area contributed by atoms with Crippen LogP contribution in [0.25, 0.3) is 0 Å². The quantitative estimate of drug-likeness (QED) is 0.591. The van der Waals surface area contributed by atoms with Gasteiger partial charge in [0.2, 0.25) is 0 Å². The number of hydrogen-bond donors (Lipinski definition) is 2. The molecule has 21 heavy (non-hydrogen) atoms. The summed E-state index contributed by atoms with van der Waals surface area (Å²) in [4.78, 5) is 21.4. The average molecular weight is 315 g/mol. The fraction of sp³-hybridized carbons (Fsp3) is 0.462. The molecule has 1 fully saturated rings. The Hall–Kier alpha value is -1.86. The number of carboxylic acid groups (broad SMARTS) is 1. The zero-order valence-electron chi connectivity index (χ0n) is 11.3. The van der Waals surface area contributed by atoms with E-state index >= 15 is 0 Å². The van der Waals surface area contributed by atoms with Gasteiger partial charge in [0.05, 0.1) is 4.92 Å². The van der Waals surface area contributed by atoms with E-state index in [-0.39, 0.29) is 29.1 Å². The number of ether oxygens (including phenoxy) is 1. The largest absolute Gasteiger partial charge is 0.491 e. The van der Waals surface area contributed by atoms with E-state index in [0.717, 1.165) is 12.8 Å². The number of rotatable bonds is 7. The first-order valence-corrected chi connectivity index (χ1v) is 6.77. The lowest BCUT2D eigenvalue weighted by Crippen LogP contribution is -2.54. The van der Waals surface area contributed by atoms with Crippen molar-refractivity contribution in [1.82, 2.24) is 5.32 Å². The van der Waals surface area contributed by atoms with E-state index in [1.165, 1.54) is 18.2 Å². The SMILES string of the molecule is CC(COc1ccc([N+](=O)[O-])c(Cl)c1)(NC1CC1)C(=O)O. The predicted octanol–water partition coefficient (Wildman–Crippen LogP) is 2.22. The van der Waals surface area contributed by atoms with Crippen molar-refractivity contribution in [2.75, 3.05) is 6.61 Å². The Morgan fingerprint density at radius 1 is 1.62 bits per heavy atom. The van der Waals surface area contributed by atoms with Gasteiger partial charge < -0.3 is 9.84 Å². The Kier molecular flexibility index (Phi) is 4.34. The number of carbonyl (C=O) groups is 1. The van der Waals surface area contributed by atoms with Crippen LogP contribution in [0.2, 0.25) is 5.02 Å². The minimum atomic E-state index is -1.21. The molecule has 1 atom stereocenters. The van der Waals surface area contributed by atoms with Gasteiger partial charge in [-0.2, -0.15) is 0 Å². The summed E-state index contributed by atoms with van der Waals surface area (Å²) in [6.45, 7) is 1.44. The maximum absolute atomic E-state index is 11.4. The molecule has 8 heteroatoms. The molecular formula is C13H15ClN2O5. The van der Waals surface area contributed by atoms with Gasteiger partial charge in [-0.1, -0.05) is 11.6 Å². The molecule has 2 rings (SSSR count). The molecule has 0 aromatic heterocycles. The van der Waals surface area contributed by atoms with Gasteiger partial charge in [-0.05, 0) is 25.8 Å². The van der Waals surface area contributed by atoms with E-state index < -0.39 is 16.4 Å². The van der Waals surface area contributed by atoms with Crippen molar-refractivity contribution in [3.8, 4) is 5.75 Å². The summed E-state index contributed by atoms with van der Waals surface area (Å²) < 4.78 is 5.43. The minimum absolute atomic E-state index is 0.0512. The number of nitrogens with zero attached hydrogens (tertiary/aromatic N) is 1. The van der Waals surface area contributed by atoms with Crippen molar-refractivity contribution in [3.63, 3.8) is 0 Å². The minimum Gasteiger partial charge on any atom is -0.491 e. The fourth-order valence-corrected chi connectivity index (χ4v) is 2.04. The number of nitrogens with one attached hydrogen (secondary N) is 1. The molecule has 0 aliphatic heterocycles. The molecule has 0 amide bonds. The lowest BCUT2D eigenvalue weighted by molar-refractivity contribution is -0.384. The highest BCUT2D eigenvalue weighted by Crippen LogP contribution is 2.29. The van der Waals surface area contributed by atoms with Gasteiger partial charge in [0.1, 0.15) is 22.9 Å². The molecule has 1 aromatic rings. The molecule has 7 nitrogen and oxygen atoms in total. The summed E-state index contributed by atoms with van der Waals surface area (Å²) in [7, 11) is 0. The van der Waals surface area contributed by atoms with Crippen LogP contribution in [-0.2, 0) is 4.79 Å². The molecular weight excluding hydrogens is 300 g/mol. The highest BCUT2D eigenvalue weighted by Gasteiger charge is 2.39. The maximum atomic E-state index is 11.4. The summed E-state index contributed by atoms with van der Waals surface area (Å²) in [5.74, 6) is -0.724. The van der Waals surface area contributed by atoms with Gasteiger partial charge in [-0.25, -0.2) is 0 Å². The van der Waals surface area contributed by atoms with Crippen LogP contribution in [0.3, 0.4) is 0 Å². The van der Waals surface area contributed by atoms with Crippen molar-refractivity contribution in [1.29, 1.82) is 0 Å². The highest BCUT2D eigenvalue weighted by atomic mass is 35.5. The average Bonchev–Trinajstić information content (AvgIpc) is 3.19. The Balaban J connectivity index is 2.05.